The number of benzene rings is 1. The van der Waals surface area contributed by atoms with Crippen molar-refractivity contribution >= 4 is 0 Å². The van der Waals surface area contributed by atoms with Crippen LogP contribution in [0, 0.1) is 0 Å². The van der Waals surface area contributed by atoms with Crippen LogP contribution in [0.1, 0.15) is 25.5 Å². The fourth-order valence-electron chi connectivity index (χ4n) is 1.68. The zero-order valence-corrected chi connectivity index (χ0v) is 11.0. The molecular formula is C14H21NO2. The van der Waals surface area contributed by atoms with Gasteiger partial charge in [0.25, 0.3) is 0 Å². The Balaban J connectivity index is 2.87. The van der Waals surface area contributed by atoms with Crippen molar-refractivity contribution in [1.82, 2.24) is 5.32 Å². The van der Waals surface area contributed by atoms with E-state index in [4.69, 9.17) is 9.47 Å². The highest BCUT2D eigenvalue weighted by atomic mass is 16.5. The summed E-state index contributed by atoms with van der Waals surface area (Å²) in [6.07, 6.45) is 1.89. The largest absolute Gasteiger partial charge is 0.493 e. The highest BCUT2D eigenvalue weighted by molar-refractivity contribution is 5.43. The van der Waals surface area contributed by atoms with Crippen LogP contribution in [-0.2, 0) is 0 Å². The number of ether oxygens (including phenoxy) is 2. The zero-order valence-electron chi connectivity index (χ0n) is 11.0. The number of nitrogens with one attached hydrogen (secondary N) is 1. The lowest BCUT2D eigenvalue weighted by Gasteiger charge is -2.19. The highest BCUT2D eigenvalue weighted by Gasteiger charge is 2.10. The Morgan fingerprint density at radius 2 is 1.82 bits per heavy atom. The first-order chi connectivity index (χ1) is 8.12. The minimum Gasteiger partial charge on any atom is -0.493 e. The highest BCUT2D eigenvalue weighted by Crippen LogP contribution is 2.29. The van der Waals surface area contributed by atoms with Gasteiger partial charge in [0.05, 0.1) is 14.2 Å². The van der Waals surface area contributed by atoms with Crippen LogP contribution in [0.5, 0.6) is 11.5 Å². The molecule has 0 aliphatic rings. The van der Waals surface area contributed by atoms with Crippen molar-refractivity contribution in [2.75, 3.05) is 14.2 Å². The molecule has 94 valence electrons. The summed E-state index contributed by atoms with van der Waals surface area (Å²) in [6.45, 7) is 7.95. The minimum atomic E-state index is 0.239. The number of hydrogen-bond acceptors (Lipinski definition) is 3. The standard InChI is InChI=1S/C14H21NO2/c1-6-10(2)15-11(3)12-7-8-13(16-4)14(9-12)17-5/h6-11,15H,1H2,2-5H3. The van der Waals surface area contributed by atoms with Crippen molar-refractivity contribution in [2.45, 2.75) is 25.9 Å². The monoisotopic (exact) mass is 235 g/mol. The Labute approximate surface area is 103 Å². The van der Waals surface area contributed by atoms with Crippen LogP contribution in [0.15, 0.2) is 30.9 Å². The summed E-state index contributed by atoms with van der Waals surface area (Å²) in [5.41, 5.74) is 1.16. The van der Waals surface area contributed by atoms with E-state index in [1.54, 1.807) is 14.2 Å². The summed E-state index contributed by atoms with van der Waals surface area (Å²) in [6, 6.07) is 6.47. The molecule has 0 aromatic heterocycles. The smallest absolute Gasteiger partial charge is 0.161 e. The molecule has 0 saturated heterocycles. The van der Waals surface area contributed by atoms with E-state index >= 15 is 0 Å². The molecule has 0 bridgehead atoms. The molecule has 2 unspecified atom stereocenters. The second-order valence-electron chi connectivity index (χ2n) is 4.03. The lowest BCUT2D eigenvalue weighted by Crippen LogP contribution is -2.26. The van der Waals surface area contributed by atoms with Gasteiger partial charge in [-0.15, -0.1) is 6.58 Å². The van der Waals surface area contributed by atoms with E-state index in [1.807, 2.05) is 24.3 Å². The Morgan fingerprint density at radius 3 is 2.35 bits per heavy atom. The molecule has 1 aromatic carbocycles. The van der Waals surface area contributed by atoms with Gasteiger partial charge in [-0.2, -0.15) is 0 Å². The summed E-state index contributed by atoms with van der Waals surface area (Å²) in [4.78, 5) is 0. The molecule has 3 nitrogen and oxygen atoms in total. The van der Waals surface area contributed by atoms with Gasteiger partial charge in [-0.05, 0) is 31.5 Å². The Hall–Kier alpha value is -1.48. The molecule has 0 heterocycles. The van der Waals surface area contributed by atoms with Crippen LogP contribution in [0.4, 0.5) is 0 Å². The average Bonchev–Trinajstić information content (AvgIpc) is 2.37. The van der Waals surface area contributed by atoms with Crippen molar-refractivity contribution in [3.63, 3.8) is 0 Å². The molecule has 0 amide bonds. The van der Waals surface area contributed by atoms with Gasteiger partial charge < -0.3 is 14.8 Å². The Kier molecular flexibility index (Phi) is 5.04. The molecule has 0 fully saturated rings. The van der Waals surface area contributed by atoms with E-state index < -0.39 is 0 Å². The second kappa shape index (κ2) is 6.30. The summed E-state index contributed by atoms with van der Waals surface area (Å²) in [5.74, 6) is 1.50. The third kappa shape index (κ3) is 3.49. The van der Waals surface area contributed by atoms with E-state index in [2.05, 4.69) is 25.7 Å². The fraction of sp³-hybridized carbons (Fsp3) is 0.429. The molecule has 17 heavy (non-hydrogen) atoms. The van der Waals surface area contributed by atoms with E-state index in [9.17, 15) is 0 Å². The zero-order chi connectivity index (χ0) is 12.8. The van der Waals surface area contributed by atoms with Gasteiger partial charge in [0.1, 0.15) is 0 Å². The molecule has 1 aromatic rings. The molecule has 3 heteroatoms. The van der Waals surface area contributed by atoms with Crippen molar-refractivity contribution in [3.05, 3.63) is 36.4 Å². The maximum absolute atomic E-state index is 5.29. The third-order valence-corrected chi connectivity index (χ3v) is 2.77. The lowest BCUT2D eigenvalue weighted by molar-refractivity contribution is 0.354. The minimum absolute atomic E-state index is 0.239. The van der Waals surface area contributed by atoms with Gasteiger partial charge in [-0.1, -0.05) is 12.1 Å². The third-order valence-electron chi connectivity index (χ3n) is 2.77. The van der Waals surface area contributed by atoms with Gasteiger partial charge in [0.2, 0.25) is 0 Å². The van der Waals surface area contributed by atoms with Crippen molar-refractivity contribution in [3.8, 4) is 11.5 Å². The fourth-order valence-corrected chi connectivity index (χ4v) is 1.68. The molecule has 2 atom stereocenters. The second-order valence-corrected chi connectivity index (χ2v) is 4.03. The quantitative estimate of drug-likeness (QED) is 0.769. The summed E-state index contributed by atoms with van der Waals surface area (Å²) in [5, 5.41) is 3.42. The first-order valence-electron chi connectivity index (χ1n) is 5.73. The van der Waals surface area contributed by atoms with Crippen LogP contribution >= 0.6 is 0 Å². The average molecular weight is 235 g/mol. The van der Waals surface area contributed by atoms with Crippen LogP contribution in [-0.4, -0.2) is 20.3 Å². The normalized spacial score (nSPS) is 13.9. The summed E-state index contributed by atoms with van der Waals surface area (Å²) in [7, 11) is 3.28. The Morgan fingerprint density at radius 1 is 1.18 bits per heavy atom. The molecule has 1 N–H and O–H groups in total. The van der Waals surface area contributed by atoms with Gasteiger partial charge in [-0.25, -0.2) is 0 Å². The van der Waals surface area contributed by atoms with Crippen LogP contribution in [0.2, 0.25) is 0 Å². The molecular weight excluding hydrogens is 214 g/mol. The first kappa shape index (κ1) is 13.6. The maximum atomic E-state index is 5.29. The van der Waals surface area contributed by atoms with E-state index in [1.165, 1.54) is 0 Å². The molecule has 0 radical (unpaired) electrons. The molecule has 0 aliphatic heterocycles. The van der Waals surface area contributed by atoms with E-state index in [0.29, 0.717) is 0 Å². The van der Waals surface area contributed by atoms with Crippen LogP contribution in [0.3, 0.4) is 0 Å². The van der Waals surface area contributed by atoms with Crippen LogP contribution in [0.25, 0.3) is 0 Å². The van der Waals surface area contributed by atoms with E-state index in [-0.39, 0.29) is 12.1 Å². The topological polar surface area (TPSA) is 30.5 Å². The van der Waals surface area contributed by atoms with Gasteiger partial charge in [-0.3, -0.25) is 0 Å². The van der Waals surface area contributed by atoms with Crippen molar-refractivity contribution < 1.29 is 9.47 Å². The number of rotatable bonds is 6. The van der Waals surface area contributed by atoms with Crippen molar-refractivity contribution in [2.24, 2.45) is 0 Å². The number of hydrogen-bond donors (Lipinski definition) is 1. The predicted molar refractivity (Wildman–Crippen MR) is 70.8 cm³/mol. The van der Waals surface area contributed by atoms with E-state index in [0.717, 1.165) is 17.1 Å². The molecule has 0 saturated carbocycles. The maximum Gasteiger partial charge on any atom is 0.161 e. The van der Waals surface area contributed by atoms with Crippen molar-refractivity contribution in [1.29, 1.82) is 0 Å². The molecule has 0 aliphatic carbocycles. The lowest BCUT2D eigenvalue weighted by atomic mass is 10.1. The van der Waals surface area contributed by atoms with Gasteiger partial charge in [0.15, 0.2) is 11.5 Å². The number of methoxy groups -OCH3 is 2. The molecule has 0 spiro atoms. The van der Waals surface area contributed by atoms with Crippen LogP contribution < -0.4 is 14.8 Å². The molecule has 1 rings (SSSR count). The van der Waals surface area contributed by atoms with Gasteiger partial charge in [0, 0.05) is 12.1 Å². The summed E-state index contributed by atoms with van der Waals surface area (Å²) < 4.78 is 10.5. The predicted octanol–water partition coefficient (Wildman–Crippen LogP) is 2.93. The SMILES string of the molecule is C=CC(C)NC(C)c1ccc(OC)c(OC)c1. The first-order valence-corrected chi connectivity index (χ1v) is 5.73. The van der Waals surface area contributed by atoms with Gasteiger partial charge >= 0.3 is 0 Å². The Bertz CT molecular complexity index is 376. The summed E-state index contributed by atoms with van der Waals surface area (Å²) >= 11 is 0.